The van der Waals surface area contributed by atoms with Crippen molar-refractivity contribution in [2.24, 2.45) is 0 Å². The van der Waals surface area contributed by atoms with Crippen molar-refractivity contribution in [3.05, 3.63) is 101 Å². The van der Waals surface area contributed by atoms with E-state index in [-0.39, 0.29) is 42.7 Å². The number of piperidine rings is 1. The average Bonchev–Trinajstić information content (AvgIpc) is 2.94. The van der Waals surface area contributed by atoms with E-state index in [4.69, 9.17) is 21.1 Å². The molecule has 0 aliphatic carbocycles. The summed E-state index contributed by atoms with van der Waals surface area (Å²) in [6.45, 7) is 0.813. The van der Waals surface area contributed by atoms with Gasteiger partial charge in [0.15, 0.2) is 0 Å². The molecule has 1 atom stereocenters. The van der Waals surface area contributed by atoms with Gasteiger partial charge >= 0.3 is 6.09 Å². The lowest BCUT2D eigenvalue weighted by atomic mass is 10.0. The lowest BCUT2D eigenvalue weighted by Gasteiger charge is -2.34. The van der Waals surface area contributed by atoms with Crippen LogP contribution in [0.2, 0.25) is 5.02 Å². The highest BCUT2D eigenvalue weighted by Gasteiger charge is 2.30. The third-order valence-electron chi connectivity index (χ3n) is 6.45. The Labute approximate surface area is 233 Å². The monoisotopic (exact) mass is 570 g/mol. The van der Waals surface area contributed by atoms with Gasteiger partial charge in [-0.25, -0.2) is 17.9 Å². The van der Waals surface area contributed by atoms with E-state index in [2.05, 4.69) is 4.72 Å². The van der Waals surface area contributed by atoms with Crippen molar-refractivity contribution in [1.29, 1.82) is 0 Å². The van der Waals surface area contributed by atoms with E-state index in [1.807, 2.05) is 36.4 Å². The molecule has 1 aliphatic heterocycles. The van der Waals surface area contributed by atoms with Crippen LogP contribution in [0.5, 0.6) is 5.75 Å². The standard InChI is InChI=1S/C29H31ClN2O6S/c30-24-12-8-11-23(19-24)21-37-27-15-5-4-14-26(27)28(33)31-39(35,36)18-16-25-13-6-7-17-32(25)29(34)38-20-22-9-2-1-3-10-22/h1-5,8-12,14-15,19,25H,6-7,13,16-18,20-21H2,(H,31,33). The highest BCUT2D eigenvalue weighted by molar-refractivity contribution is 7.90. The van der Waals surface area contributed by atoms with Crippen molar-refractivity contribution in [3.63, 3.8) is 0 Å². The lowest BCUT2D eigenvalue weighted by molar-refractivity contribution is 0.0672. The number of hydrogen-bond acceptors (Lipinski definition) is 6. The summed E-state index contributed by atoms with van der Waals surface area (Å²) in [6.07, 6.45) is 2.11. The van der Waals surface area contributed by atoms with Gasteiger partial charge < -0.3 is 14.4 Å². The molecule has 2 amide bonds. The molecule has 4 rings (SSSR count). The van der Waals surface area contributed by atoms with Crippen LogP contribution in [-0.2, 0) is 28.0 Å². The van der Waals surface area contributed by atoms with Gasteiger partial charge in [-0.15, -0.1) is 0 Å². The molecule has 3 aromatic carbocycles. The van der Waals surface area contributed by atoms with Gasteiger partial charge in [0, 0.05) is 17.6 Å². The Morgan fingerprint density at radius 3 is 2.46 bits per heavy atom. The third-order valence-corrected chi connectivity index (χ3v) is 7.95. The molecular weight excluding hydrogens is 540 g/mol. The summed E-state index contributed by atoms with van der Waals surface area (Å²) in [5.74, 6) is -0.832. The maximum Gasteiger partial charge on any atom is 0.410 e. The Hall–Kier alpha value is -3.56. The molecule has 0 bridgehead atoms. The van der Waals surface area contributed by atoms with E-state index in [0.29, 0.717) is 18.0 Å². The molecule has 206 valence electrons. The van der Waals surface area contributed by atoms with E-state index in [1.165, 1.54) is 6.07 Å². The normalized spacial score (nSPS) is 15.4. The molecule has 10 heteroatoms. The summed E-state index contributed by atoms with van der Waals surface area (Å²) < 4.78 is 39.1. The number of ether oxygens (including phenoxy) is 2. The number of amides is 2. The van der Waals surface area contributed by atoms with Crippen LogP contribution in [0.15, 0.2) is 78.9 Å². The Morgan fingerprint density at radius 1 is 0.923 bits per heavy atom. The van der Waals surface area contributed by atoms with Crippen molar-refractivity contribution in [2.45, 2.75) is 44.9 Å². The van der Waals surface area contributed by atoms with Crippen molar-refractivity contribution >= 4 is 33.6 Å². The number of sulfonamides is 1. The van der Waals surface area contributed by atoms with Crippen molar-refractivity contribution in [1.82, 2.24) is 9.62 Å². The molecule has 1 saturated heterocycles. The van der Waals surface area contributed by atoms with Crippen LogP contribution in [0, 0.1) is 0 Å². The molecule has 1 heterocycles. The molecule has 0 radical (unpaired) electrons. The first-order valence-electron chi connectivity index (χ1n) is 12.8. The van der Waals surface area contributed by atoms with E-state index >= 15 is 0 Å². The summed E-state index contributed by atoms with van der Waals surface area (Å²) in [5.41, 5.74) is 1.79. The number of carbonyl (C=O) groups is 2. The van der Waals surface area contributed by atoms with Gasteiger partial charge in [0.25, 0.3) is 5.91 Å². The molecule has 1 fully saturated rings. The van der Waals surface area contributed by atoms with E-state index in [9.17, 15) is 18.0 Å². The van der Waals surface area contributed by atoms with Crippen LogP contribution in [0.3, 0.4) is 0 Å². The predicted octanol–water partition coefficient (Wildman–Crippen LogP) is 5.56. The van der Waals surface area contributed by atoms with E-state index in [1.54, 1.807) is 41.3 Å². The fraction of sp³-hybridized carbons (Fsp3) is 0.310. The molecule has 1 N–H and O–H groups in total. The van der Waals surface area contributed by atoms with Crippen LogP contribution < -0.4 is 9.46 Å². The molecule has 0 aromatic heterocycles. The summed E-state index contributed by atoms with van der Waals surface area (Å²) in [6, 6.07) is 22.7. The zero-order valence-corrected chi connectivity index (χ0v) is 23.0. The molecule has 0 saturated carbocycles. The molecule has 8 nitrogen and oxygen atoms in total. The van der Waals surface area contributed by atoms with Gasteiger partial charge in [-0.3, -0.25) is 4.79 Å². The molecule has 0 spiro atoms. The summed E-state index contributed by atoms with van der Waals surface area (Å²) >= 11 is 6.02. The maximum atomic E-state index is 12.9. The minimum atomic E-state index is -3.97. The van der Waals surface area contributed by atoms with Gasteiger partial charge in [-0.05, 0) is 61.1 Å². The first-order valence-corrected chi connectivity index (χ1v) is 14.8. The second-order valence-corrected chi connectivity index (χ2v) is 11.6. The highest BCUT2D eigenvalue weighted by Crippen LogP contribution is 2.23. The fourth-order valence-electron chi connectivity index (χ4n) is 4.45. The van der Waals surface area contributed by atoms with Gasteiger partial charge in [-0.1, -0.05) is 66.2 Å². The summed E-state index contributed by atoms with van der Waals surface area (Å²) in [7, 11) is -3.97. The van der Waals surface area contributed by atoms with Crippen LogP contribution in [-0.4, -0.2) is 43.7 Å². The Bertz CT molecular complexity index is 1380. The molecule has 3 aromatic rings. The fourth-order valence-corrected chi connectivity index (χ4v) is 5.74. The number of benzene rings is 3. The van der Waals surface area contributed by atoms with Gasteiger partial charge in [0.05, 0.1) is 11.3 Å². The zero-order chi connectivity index (χ0) is 27.7. The first-order chi connectivity index (χ1) is 18.8. The van der Waals surface area contributed by atoms with Crippen LogP contribution >= 0.6 is 11.6 Å². The molecular formula is C29H31ClN2O6S. The largest absolute Gasteiger partial charge is 0.488 e. The quantitative estimate of drug-likeness (QED) is 0.342. The Balaban J connectivity index is 1.33. The molecule has 1 unspecified atom stereocenters. The second kappa shape index (κ2) is 13.5. The first kappa shape index (κ1) is 28.4. The summed E-state index contributed by atoms with van der Waals surface area (Å²) in [4.78, 5) is 27.3. The predicted molar refractivity (Wildman–Crippen MR) is 149 cm³/mol. The van der Waals surface area contributed by atoms with Crippen molar-refractivity contribution < 1.29 is 27.5 Å². The van der Waals surface area contributed by atoms with Gasteiger partial charge in [0.2, 0.25) is 10.0 Å². The second-order valence-electron chi connectivity index (χ2n) is 9.34. The topological polar surface area (TPSA) is 102 Å². The van der Waals surface area contributed by atoms with Crippen molar-refractivity contribution in [3.8, 4) is 5.75 Å². The third kappa shape index (κ3) is 8.46. The maximum absolute atomic E-state index is 12.9. The number of para-hydroxylation sites is 1. The number of nitrogens with one attached hydrogen (secondary N) is 1. The average molecular weight is 571 g/mol. The summed E-state index contributed by atoms with van der Waals surface area (Å²) in [5, 5.41) is 0.564. The smallest absolute Gasteiger partial charge is 0.410 e. The number of likely N-dealkylation sites (tertiary alicyclic amines) is 1. The van der Waals surface area contributed by atoms with Gasteiger partial charge in [-0.2, -0.15) is 0 Å². The van der Waals surface area contributed by atoms with Crippen molar-refractivity contribution in [2.75, 3.05) is 12.3 Å². The number of nitrogens with zero attached hydrogens (tertiary/aromatic N) is 1. The minimum absolute atomic E-state index is 0.104. The highest BCUT2D eigenvalue weighted by atomic mass is 35.5. The Kier molecular flexibility index (Phi) is 9.84. The number of hydrogen-bond donors (Lipinski definition) is 1. The number of rotatable bonds is 10. The lowest BCUT2D eigenvalue weighted by Crippen LogP contribution is -2.45. The zero-order valence-electron chi connectivity index (χ0n) is 21.4. The van der Waals surface area contributed by atoms with Crippen LogP contribution in [0.1, 0.15) is 47.2 Å². The van der Waals surface area contributed by atoms with Crippen LogP contribution in [0.25, 0.3) is 0 Å². The van der Waals surface area contributed by atoms with Crippen LogP contribution in [0.4, 0.5) is 4.79 Å². The molecule has 1 aliphatic rings. The number of halogens is 1. The van der Waals surface area contributed by atoms with E-state index < -0.39 is 22.0 Å². The number of carbonyl (C=O) groups excluding carboxylic acids is 2. The van der Waals surface area contributed by atoms with Gasteiger partial charge in [0.1, 0.15) is 19.0 Å². The minimum Gasteiger partial charge on any atom is -0.488 e. The Morgan fingerprint density at radius 2 is 1.67 bits per heavy atom. The molecule has 39 heavy (non-hydrogen) atoms. The SMILES string of the molecule is O=C(NS(=O)(=O)CCC1CCCCN1C(=O)OCc1ccccc1)c1ccccc1OCc1cccc(Cl)c1. The van der Waals surface area contributed by atoms with E-state index in [0.717, 1.165) is 24.0 Å².